The molecular formula is C10H23ClNO3+. The van der Waals surface area contributed by atoms with Gasteiger partial charge in [0.2, 0.25) is 0 Å². The molecule has 0 aromatic carbocycles. The van der Waals surface area contributed by atoms with E-state index in [1.807, 2.05) is 6.92 Å². The van der Waals surface area contributed by atoms with Gasteiger partial charge >= 0.3 is 5.97 Å². The molecule has 4 nitrogen and oxygen atoms in total. The van der Waals surface area contributed by atoms with Gasteiger partial charge < -0.3 is 14.7 Å². The number of aliphatic hydroxyl groups is 1. The number of carbonyl (C=O) groups is 1. The Morgan fingerprint density at radius 1 is 1.40 bits per heavy atom. The number of aliphatic carboxylic acids is 1. The van der Waals surface area contributed by atoms with E-state index in [9.17, 15) is 4.79 Å². The predicted molar refractivity (Wildman–Crippen MR) is 64.3 cm³/mol. The molecule has 0 saturated carbocycles. The summed E-state index contributed by atoms with van der Waals surface area (Å²) in [4.78, 5) is 9.60. The first-order valence-corrected chi connectivity index (χ1v) is 4.43. The molecule has 0 rings (SSSR count). The van der Waals surface area contributed by atoms with Crippen LogP contribution < -0.4 is 0 Å². The van der Waals surface area contributed by atoms with Gasteiger partial charge in [-0.05, 0) is 13.8 Å². The molecule has 0 aromatic rings. The van der Waals surface area contributed by atoms with Crippen LogP contribution in [0.25, 0.3) is 0 Å². The third kappa shape index (κ3) is 24.7. The van der Waals surface area contributed by atoms with Crippen molar-refractivity contribution in [2.45, 2.75) is 20.0 Å². The van der Waals surface area contributed by atoms with Crippen LogP contribution in [0.5, 0.6) is 0 Å². The van der Waals surface area contributed by atoms with Crippen molar-refractivity contribution in [1.29, 1.82) is 0 Å². The summed E-state index contributed by atoms with van der Waals surface area (Å²) in [7, 11) is 6.19. The second-order valence-electron chi connectivity index (χ2n) is 4.41. The third-order valence-electron chi connectivity index (χ3n) is 1.18. The molecule has 92 valence electrons. The van der Waals surface area contributed by atoms with Gasteiger partial charge in [0, 0.05) is 5.57 Å². The molecule has 0 aliphatic carbocycles. The van der Waals surface area contributed by atoms with Crippen molar-refractivity contribution in [3.8, 4) is 0 Å². The average molecular weight is 241 g/mol. The molecule has 0 fully saturated rings. The van der Waals surface area contributed by atoms with Crippen molar-refractivity contribution in [1.82, 2.24) is 0 Å². The zero-order chi connectivity index (χ0) is 11.9. The highest BCUT2D eigenvalue weighted by atomic mass is 35.5. The molecule has 0 radical (unpaired) electrons. The average Bonchev–Trinajstić information content (AvgIpc) is 1.81. The summed E-state index contributed by atoms with van der Waals surface area (Å²) >= 11 is 0. The number of carboxylic acids is 1. The Labute approximate surface area is 98.2 Å². The lowest BCUT2D eigenvalue weighted by Crippen LogP contribution is -2.40. The first-order valence-electron chi connectivity index (χ1n) is 4.43. The number of nitrogens with zero attached hydrogens (tertiary/aromatic N) is 1. The van der Waals surface area contributed by atoms with Gasteiger partial charge in [-0.3, -0.25) is 0 Å². The number of halogens is 1. The van der Waals surface area contributed by atoms with Crippen molar-refractivity contribution in [2.75, 3.05) is 27.7 Å². The first kappa shape index (κ1) is 19.9. The van der Waals surface area contributed by atoms with Crippen LogP contribution in [0, 0.1) is 0 Å². The van der Waals surface area contributed by atoms with E-state index in [2.05, 4.69) is 27.7 Å². The summed E-state index contributed by atoms with van der Waals surface area (Å²) < 4.78 is 0.831. The van der Waals surface area contributed by atoms with E-state index in [1.165, 1.54) is 6.92 Å². The number of rotatable bonds is 3. The van der Waals surface area contributed by atoms with Crippen molar-refractivity contribution >= 4 is 18.4 Å². The summed E-state index contributed by atoms with van der Waals surface area (Å²) in [6, 6.07) is 0. The number of carboxylic acid groups (broad SMARTS) is 1. The topological polar surface area (TPSA) is 57.5 Å². The van der Waals surface area contributed by atoms with E-state index in [1.54, 1.807) is 0 Å². The SMILES string of the molecule is C=C(C)C(=O)O.CC(O)C[N+](C)(C)C.Cl. The largest absolute Gasteiger partial charge is 0.478 e. The fourth-order valence-corrected chi connectivity index (χ4v) is 0.793. The lowest BCUT2D eigenvalue weighted by Gasteiger charge is -2.24. The molecule has 0 aliphatic heterocycles. The summed E-state index contributed by atoms with van der Waals surface area (Å²) in [5, 5.41) is 16.8. The molecular weight excluding hydrogens is 218 g/mol. The highest BCUT2D eigenvalue weighted by Gasteiger charge is 2.09. The smallest absolute Gasteiger partial charge is 0.330 e. The van der Waals surface area contributed by atoms with Gasteiger partial charge in [0.1, 0.15) is 12.6 Å². The van der Waals surface area contributed by atoms with Crippen molar-refractivity contribution in [3.05, 3.63) is 12.2 Å². The third-order valence-corrected chi connectivity index (χ3v) is 1.18. The van der Waals surface area contributed by atoms with Gasteiger partial charge in [-0.1, -0.05) is 6.58 Å². The van der Waals surface area contributed by atoms with Crippen LogP contribution in [-0.4, -0.2) is 54.5 Å². The number of quaternary nitrogens is 1. The van der Waals surface area contributed by atoms with Gasteiger partial charge in [-0.15, -0.1) is 12.4 Å². The molecule has 0 bridgehead atoms. The number of hydrogen-bond acceptors (Lipinski definition) is 2. The molecule has 5 heteroatoms. The number of aliphatic hydroxyl groups excluding tert-OH is 1. The maximum absolute atomic E-state index is 9.60. The van der Waals surface area contributed by atoms with Gasteiger partial charge in [0.05, 0.1) is 21.1 Å². The molecule has 0 heterocycles. The molecule has 0 aliphatic rings. The Balaban J connectivity index is -0.000000187. The van der Waals surface area contributed by atoms with Crippen LogP contribution in [0.4, 0.5) is 0 Å². The molecule has 2 N–H and O–H groups in total. The minimum atomic E-state index is -0.935. The normalized spacial score (nSPS) is 11.6. The lowest BCUT2D eigenvalue weighted by atomic mass is 10.3. The summed E-state index contributed by atoms with van der Waals surface area (Å²) in [5.41, 5.74) is 0.176. The van der Waals surface area contributed by atoms with Gasteiger partial charge in [0.25, 0.3) is 0 Å². The van der Waals surface area contributed by atoms with Crippen LogP contribution in [0.2, 0.25) is 0 Å². The molecule has 15 heavy (non-hydrogen) atoms. The zero-order valence-corrected chi connectivity index (χ0v) is 11.0. The molecule has 1 unspecified atom stereocenters. The van der Waals surface area contributed by atoms with Gasteiger partial charge in [-0.25, -0.2) is 4.79 Å². The highest BCUT2D eigenvalue weighted by Crippen LogP contribution is 1.92. The molecule has 0 aromatic heterocycles. The molecule has 0 amide bonds. The van der Waals surface area contributed by atoms with Gasteiger partial charge in [-0.2, -0.15) is 0 Å². The fourth-order valence-electron chi connectivity index (χ4n) is 0.793. The highest BCUT2D eigenvalue weighted by molar-refractivity contribution is 5.85. The second-order valence-corrected chi connectivity index (χ2v) is 4.41. The second kappa shape index (κ2) is 8.71. The Bertz CT molecular complexity index is 185. The van der Waals surface area contributed by atoms with Crippen molar-refractivity contribution in [3.63, 3.8) is 0 Å². The quantitative estimate of drug-likeness (QED) is 0.575. The fraction of sp³-hybridized carbons (Fsp3) is 0.700. The van der Waals surface area contributed by atoms with Crippen molar-refractivity contribution in [2.24, 2.45) is 0 Å². The van der Waals surface area contributed by atoms with Crippen LogP contribution in [0.15, 0.2) is 12.2 Å². The zero-order valence-electron chi connectivity index (χ0n) is 10.1. The van der Waals surface area contributed by atoms with E-state index in [-0.39, 0.29) is 24.1 Å². The Morgan fingerprint density at radius 3 is 1.67 bits per heavy atom. The standard InChI is InChI=1S/C6H16NO.C4H6O2.ClH/c1-6(8)5-7(2,3)4;1-3(2)4(5)6;/h6,8H,5H2,1-4H3;1H2,2H3,(H,5,6);1H/q+1;;. The Morgan fingerprint density at radius 2 is 1.67 bits per heavy atom. The number of likely N-dealkylation sites (N-methyl/N-ethyl adjacent to an activating group) is 1. The molecule has 0 saturated heterocycles. The molecule has 1 atom stereocenters. The van der Waals surface area contributed by atoms with E-state index >= 15 is 0 Å². The van der Waals surface area contributed by atoms with Gasteiger partial charge in [0.15, 0.2) is 0 Å². The summed E-state index contributed by atoms with van der Waals surface area (Å²) in [6.45, 7) is 7.23. The van der Waals surface area contributed by atoms with E-state index in [0.717, 1.165) is 11.0 Å². The van der Waals surface area contributed by atoms with Crippen molar-refractivity contribution < 1.29 is 19.5 Å². The Kier molecular flexibility index (Phi) is 11.6. The number of hydrogen-bond donors (Lipinski definition) is 2. The first-order chi connectivity index (χ1) is 6.06. The van der Waals surface area contributed by atoms with E-state index < -0.39 is 5.97 Å². The van der Waals surface area contributed by atoms with E-state index in [0.29, 0.717) is 0 Å². The minimum absolute atomic E-state index is 0. The summed E-state index contributed by atoms with van der Waals surface area (Å²) in [5.74, 6) is -0.935. The Hall–Kier alpha value is -0.580. The van der Waals surface area contributed by atoms with E-state index in [4.69, 9.17) is 10.2 Å². The minimum Gasteiger partial charge on any atom is -0.478 e. The van der Waals surface area contributed by atoms with Crippen LogP contribution in [-0.2, 0) is 4.79 Å². The lowest BCUT2D eigenvalue weighted by molar-refractivity contribution is -0.873. The van der Waals surface area contributed by atoms with Crippen LogP contribution in [0.1, 0.15) is 13.8 Å². The maximum atomic E-state index is 9.60. The van der Waals surface area contributed by atoms with Crippen LogP contribution in [0.3, 0.4) is 0 Å². The predicted octanol–water partition coefficient (Wildman–Crippen LogP) is 1.14. The monoisotopic (exact) mass is 240 g/mol. The summed E-state index contributed by atoms with van der Waals surface area (Å²) in [6.07, 6.45) is -0.185. The van der Waals surface area contributed by atoms with Crippen LogP contribution >= 0.6 is 12.4 Å². The molecule has 0 spiro atoms. The maximum Gasteiger partial charge on any atom is 0.330 e.